The molecule has 6 nitrogen and oxygen atoms in total. The van der Waals surface area contributed by atoms with Crippen molar-refractivity contribution in [3.05, 3.63) is 59.8 Å². The van der Waals surface area contributed by atoms with Gasteiger partial charge in [-0.2, -0.15) is 5.10 Å². The standard InChI is InChI=1S/C22H27N5O/c1-25(2)15-16-6-8-17(9-7-16)20-5-4-12-27(20)22(28)24-19-11-10-18-14-23-26(3)21(18)13-19/h6-11,13-14,20H,4-5,12,15H2,1-3H3,(H,24,28)/t20-/m0/s1. The van der Waals surface area contributed by atoms with Crippen molar-refractivity contribution >= 4 is 22.6 Å². The monoisotopic (exact) mass is 377 g/mol. The van der Waals surface area contributed by atoms with Crippen LogP contribution in [-0.2, 0) is 13.6 Å². The highest BCUT2D eigenvalue weighted by atomic mass is 16.2. The Morgan fingerprint density at radius 3 is 2.75 bits per heavy atom. The van der Waals surface area contributed by atoms with E-state index in [0.29, 0.717) is 0 Å². The first-order chi connectivity index (χ1) is 13.5. The summed E-state index contributed by atoms with van der Waals surface area (Å²) in [6.45, 7) is 1.70. The quantitative estimate of drug-likeness (QED) is 0.748. The van der Waals surface area contributed by atoms with E-state index in [4.69, 9.17) is 0 Å². The molecular formula is C22H27N5O. The van der Waals surface area contributed by atoms with Gasteiger partial charge in [-0.05, 0) is 56.3 Å². The molecule has 1 aliphatic heterocycles. The normalized spacial score (nSPS) is 16.9. The Bertz CT molecular complexity index is 976. The number of urea groups is 1. The molecule has 2 amide bonds. The number of benzene rings is 2. The molecule has 1 aliphatic rings. The van der Waals surface area contributed by atoms with Gasteiger partial charge < -0.3 is 15.1 Å². The lowest BCUT2D eigenvalue weighted by molar-refractivity contribution is 0.207. The Kier molecular flexibility index (Phi) is 5.05. The van der Waals surface area contributed by atoms with E-state index in [2.05, 4.69) is 53.7 Å². The summed E-state index contributed by atoms with van der Waals surface area (Å²) in [5.74, 6) is 0. The highest BCUT2D eigenvalue weighted by molar-refractivity contribution is 5.92. The summed E-state index contributed by atoms with van der Waals surface area (Å²) < 4.78 is 1.82. The van der Waals surface area contributed by atoms with Crippen LogP contribution in [0.2, 0.25) is 0 Å². The molecule has 1 fully saturated rings. The summed E-state index contributed by atoms with van der Waals surface area (Å²) in [6.07, 6.45) is 3.86. The predicted molar refractivity (Wildman–Crippen MR) is 112 cm³/mol. The highest BCUT2D eigenvalue weighted by Crippen LogP contribution is 2.32. The van der Waals surface area contributed by atoms with Gasteiger partial charge in [0.05, 0.1) is 17.8 Å². The zero-order valence-electron chi connectivity index (χ0n) is 16.7. The van der Waals surface area contributed by atoms with Crippen molar-refractivity contribution in [2.24, 2.45) is 7.05 Å². The maximum Gasteiger partial charge on any atom is 0.322 e. The number of aromatic nitrogens is 2. The number of likely N-dealkylation sites (tertiary alicyclic amines) is 1. The molecule has 1 N–H and O–H groups in total. The van der Waals surface area contributed by atoms with Crippen molar-refractivity contribution in [2.45, 2.75) is 25.4 Å². The molecule has 1 saturated heterocycles. The number of nitrogens with one attached hydrogen (secondary N) is 1. The second kappa shape index (κ2) is 7.64. The molecule has 0 bridgehead atoms. The average molecular weight is 377 g/mol. The van der Waals surface area contributed by atoms with Gasteiger partial charge in [-0.1, -0.05) is 24.3 Å². The van der Waals surface area contributed by atoms with Crippen LogP contribution in [0.15, 0.2) is 48.7 Å². The van der Waals surface area contributed by atoms with Crippen molar-refractivity contribution in [3.63, 3.8) is 0 Å². The van der Waals surface area contributed by atoms with Crippen LogP contribution in [0.25, 0.3) is 10.9 Å². The summed E-state index contributed by atoms with van der Waals surface area (Å²) in [5, 5.41) is 8.40. The van der Waals surface area contributed by atoms with Crippen molar-refractivity contribution in [1.29, 1.82) is 0 Å². The second-order valence-corrected chi connectivity index (χ2v) is 7.80. The summed E-state index contributed by atoms with van der Waals surface area (Å²) in [6, 6.07) is 14.6. The van der Waals surface area contributed by atoms with Crippen molar-refractivity contribution < 1.29 is 4.79 Å². The Morgan fingerprint density at radius 2 is 2.00 bits per heavy atom. The largest absolute Gasteiger partial charge is 0.322 e. The molecule has 3 aromatic rings. The molecule has 1 aromatic heterocycles. The first-order valence-corrected chi connectivity index (χ1v) is 9.74. The van der Waals surface area contributed by atoms with Crippen LogP contribution in [0.4, 0.5) is 10.5 Å². The lowest BCUT2D eigenvalue weighted by Crippen LogP contribution is -2.34. The molecule has 146 valence electrons. The van der Waals surface area contributed by atoms with E-state index in [1.807, 2.05) is 41.0 Å². The summed E-state index contributed by atoms with van der Waals surface area (Å²) in [4.78, 5) is 17.1. The van der Waals surface area contributed by atoms with Crippen LogP contribution in [0.3, 0.4) is 0 Å². The molecular weight excluding hydrogens is 350 g/mol. The Balaban J connectivity index is 1.49. The predicted octanol–water partition coefficient (Wildman–Crippen LogP) is 4.00. The van der Waals surface area contributed by atoms with Crippen LogP contribution in [0.5, 0.6) is 0 Å². The smallest absolute Gasteiger partial charge is 0.317 e. The van der Waals surface area contributed by atoms with Crippen LogP contribution < -0.4 is 5.32 Å². The van der Waals surface area contributed by atoms with Gasteiger partial charge in [0.2, 0.25) is 0 Å². The number of hydrogen-bond donors (Lipinski definition) is 1. The number of hydrogen-bond acceptors (Lipinski definition) is 3. The average Bonchev–Trinajstić information content (AvgIpc) is 3.29. The minimum atomic E-state index is -0.0404. The minimum Gasteiger partial charge on any atom is -0.317 e. The van der Waals surface area contributed by atoms with Gasteiger partial charge in [-0.3, -0.25) is 4.68 Å². The van der Waals surface area contributed by atoms with Crippen molar-refractivity contribution in [1.82, 2.24) is 19.6 Å². The molecule has 0 spiro atoms. The Labute approximate surface area is 165 Å². The van der Waals surface area contributed by atoms with E-state index in [1.165, 1.54) is 11.1 Å². The van der Waals surface area contributed by atoms with Crippen LogP contribution in [-0.4, -0.2) is 46.3 Å². The number of rotatable bonds is 4. The van der Waals surface area contributed by atoms with E-state index in [-0.39, 0.29) is 12.1 Å². The molecule has 0 saturated carbocycles. The zero-order chi connectivity index (χ0) is 19.7. The third kappa shape index (κ3) is 3.73. The van der Waals surface area contributed by atoms with Gasteiger partial charge in [-0.15, -0.1) is 0 Å². The number of aryl methyl sites for hydroxylation is 1. The van der Waals surface area contributed by atoms with E-state index < -0.39 is 0 Å². The second-order valence-electron chi connectivity index (χ2n) is 7.80. The first-order valence-electron chi connectivity index (χ1n) is 9.74. The van der Waals surface area contributed by atoms with Crippen molar-refractivity contribution in [3.8, 4) is 0 Å². The number of fused-ring (bicyclic) bond motifs is 1. The van der Waals surface area contributed by atoms with Gasteiger partial charge in [0.15, 0.2) is 0 Å². The Morgan fingerprint density at radius 1 is 1.21 bits per heavy atom. The zero-order valence-corrected chi connectivity index (χ0v) is 16.7. The molecule has 4 rings (SSSR count). The van der Waals surface area contributed by atoms with E-state index in [1.54, 1.807) is 0 Å². The molecule has 1 atom stereocenters. The number of carbonyl (C=O) groups excluding carboxylic acids is 1. The van der Waals surface area contributed by atoms with Crippen LogP contribution in [0.1, 0.15) is 30.0 Å². The molecule has 2 heterocycles. The maximum atomic E-state index is 13.0. The molecule has 2 aromatic carbocycles. The summed E-state index contributed by atoms with van der Waals surface area (Å²) in [5.41, 5.74) is 4.30. The van der Waals surface area contributed by atoms with Gasteiger partial charge in [0.1, 0.15) is 0 Å². The summed E-state index contributed by atoms with van der Waals surface area (Å²) in [7, 11) is 6.05. The molecule has 6 heteroatoms. The Hall–Kier alpha value is -2.86. The number of carbonyl (C=O) groups is 1. The SMILES string of the molecule is CN(C)Cc1ccc([C@@H]2CCCN2C(=O)Nc2ccc3cnn(C)c3c2)cc1. The first kappa shape index (κ1) is 18.5. The number of anilines is 1. The third-order valence-corrected chi connectivity index (χ3v) is 5.38. The molecule has 0 unspecified atom stereocenters. The van der Waals surface area contributed by atoms with Gasteiger partial charge in [-0.25, -0.2) is 4.79 Å². The fourth-order valence-corrected chi connectivity index (χ4v) is 3.98. The molecule has 28 heavy (non-hydrogen) atoms. The number of amides is 2. The molecule has 0 aliphatic carbocycles. The highest BCUT2D eigenvalue weighted by Gasteiger charge is 2.30. The summed E-state index contributed by atoms with van der Waals surface area (Å²) >= 11 is 0. The molecule has 0 radical (unpaired) electrons. The number of nitrogens with zero attached hydrogens (tertiary/aromatic N) is 4. The minimum absolute atomic E-state index is 0.0404. The van der Waals surface area contributed by atoms with Crippen LogP contribution >= 0.6 is 0 Å². The maximum absolute atomic E-state index is 13.0. The fraction of sp³-hybridized carbons (Fsp3) is 0.364. The van der Waals surface area contributed by atoms with Gasteiger partial charge >= 0.3 is 6.03 Å². The third-order valence-electron chi connectivity index (χ3n) is 5.38. The van der Waals surface area contributed by atoms with Crippen LogP contribution in [0, 0.1) is 0 Å². The lowest BCUT2D eigenvalue weighted by atomic mass is 10.0. The van der Waals surface area contributed by atoms with Gasteiger partial charge in [0, 0.05) is 31.2 Å². The van der Waals surface area contributed by atoms with E-state index in [9.17, 15) is 4.79 Å². The lowest BCUT2D eigenvalue weighted by Gasteiger charge is -2.25. The van der Waals surface area contributed by atoms with E-state index >= 15 is 0 Å². The fourth-order valence-electron chi connectivity index (χ4n) is 3.98. The van der Waals surface area contributed by atoms with E-state index in [0.717, 1.165) is 42.5 Å². The van der Waals surface area contributed by atoms with Crippen molar-refractivity contribution in [2.75, 3.05) is 26.0 Å². The van der Waals surface area contributed by atoms with Gasteiger partial charge in [0.25, 0.3) is 0 Å². The topological polar surface area (TPSA) is 53.4 Å².